The molecule has 3 N–H and O–H groups in total. The minimum absolute atomic E-state index is 0.0313. The van der Waals surface area contributed by atoms with Gasteiger partial charge in [0.2, 0.25) is 5.91 Å². The maximum atomic E-state index is 13.9. The van der Waals surface area contributed by atoms with E-state index in [1.807, 2.05) is 6.07 Å². The minimum Gasteiger partial charge on any atom is -0.448 e. The van der Waals surface area contributed by atoms with Gasteiger partial charge in [0.15, 0.2) is 0 Å². The largest absolute Gasteiger partial charge is 0.448 e. The van der Waals surface area contributed by atoms with Crippen LogP contribution in [0.3, 0.4) is 0 Å². The van der Waals surface area contributed by atoms with Crippen LogP contribution in [0.1, 0.15) is 63.5 Å². The Balaban J connectivity index is 1.54. The molecule has 0 unspecified atom stereocenters. The Labute approximate surface area is 220 Å². The number of ether oxygens (including phenoxy) is 1. The van der Waals surface area contributed by atoms with Crippen LogP contribution in [0.4, 0.5) is 4.79 Å². The smallest absolute Gasteiger partial charge is 0.406 e. The van der Waals surface area contributed by atoms with Crippen LogP contribution in [-0.4, -0.2) is 69.5 Å². The molecule has 206 valence electrons. The van der Waals surface area contributed by atoms with Crippen LogP contribution in [0, 0.1) is 11.8 Å². The molecule has 2 aliphatic heterocycles. The quantitative estimate of drug-likeness (QED) is 0.547. The van der Waals surface area contributed by atoms with Crippen LogP contribution in [-0.2, 0) is 31.8 Å². The van der Waals surface area contributed by atoms with Gasteiger partial charge < -0.3 is 24.0 Å². The van der Waals surface area contributed by atoms with Gasteiger partial charge in [0, 0.05) is 19.6 Å². The number of alkyl carbamates (subject to hydrolysis) is 1. The lowest BCUT2D eigenvalue weighted by Crippen LogP contribution is -2.57. The number of likely N-dealkylation sites (tertiary alicyclic amines) is 1. The number of amides is 2. The molecule has 1 aromatic rings. The normalized spacial score (nSPS) is 24.1. The number of rotatable bonds is 7. The van der Waals surface area contributed by atoms with Crippen molar-refractivity contribution in [1.82, 2.24) is 15.1 Å². The molecule has 1 aromatic carbocycles. The van der Waals surface area contributed by atoms with E-state index in [-0.39, 0.29) is 31.4 Å². The third-order valence-corrected chi connectivity index (χ3v) is 8.94. The Morgan fingerprint density at radius 1 is 1.19 bits per heavy atom. The lowest BCUT2D eigenvalue weighted by atomic mass is 9.67. The monoisotopic (exact) mass is 536 g/mol. The molecule has 10 nitrogen and oxygen atoms in total. The zero-order valence-electron chi connectivity index (χ0n) is 22.1. The topological polar surface area (TPSA) is 131 Å². The second-order valence-corrected chi connectivity index (χ2v) is 12.1. The maximum Gasteiger partial charge on any atom is 0.406 e. The van der Waals surface area contributed by atoms with Crippen molar-refractivity contribution >= 4 is 22.3 Å². The fourth-order valence-corrected chi connectivity index (χ4v) is 6.81. The van der Waals surface area contributed by atoms with Crippen LogP contribution in [0.15, 0.2) is 18.2 Å². The molecule has 2 fully saturated rings. The summed E-state index contributed by atoms with van der Waals surface area (Å²) in [6, 6.07) is 5.60. The van der Waals surface area contributed by atoms with Gasteiger partial charge in [-0.15, -0.1) is 0 Å². The SMILES string of the molecule is CNC(=O)OCCN1Cc2cc(OS(N)(=O)=O)ccc2C2(CCN(C3CCC(C(C)C)CC3)CC2)C1=O. The molecule has 37 heavy (non-hydrogen) atoms. The van der Waals surface area contributed by atoms with Crippen molar-refractivity contribution in [3.8, 4) is 5.75 Å². The predicted octanol–water partition coefficient (Wildman–Crippen LogP) is 2.52. The number of nitrogens with two attached hydrogens (primary N) is 1. The lowest BCUT2D eigenvalue weighted by Gasteiger charge is -2.49. The number of nitrogens with zero attached hydrogens (tertiary/aromatic N) is 2. The van der Waals surface area contributed by atoms with E-state index in [0.29, 0.717) is 18.9 Å². The first-order chi connectivity index (χ1) is 17.5. The molecule has 0 aromatic heterocycles. The summed E-state index contributed by atoms with van der Waals surface area (Å²) in [7, 11) is -2.69. The van der Waals surface area contributed by atoms with E-state index in [9.17, 15) is 18.0 Å². The number of carbonyl (C=O) groups excluding carboxylic acids is 2. The van der Waals surface area contributed by atoms with Crippen molar-refractivity contribution in [3.05, 3.63) is 29.3 Å². The molecule has 1 aliphatic carbocycles. The van der Waals surface area contributed by atoms with E-state index in [4.69, 9.17) is 14.1 Å². The summed E-state index contributed by atoms with van der Waals surface area (Å²) >= 11 is 0. The third kappa shape index (κ3) is 6.21. The summed E-state index contributed by atoms with van der Waals surface area (Å²) in [6.07, 6.45) is 5.75. The van der Waals surface area contributed by atoms with Crippen LogP contribution in [0.5, 0.6) is 5.75 Å². The highest BCUT2D eigenvalue weighted by Gasteiger charge is 2.49. The Morgan fingerprint density at radius 2 is 1.86 bits per heavy atom. The standard InChI is InChI=1S/C26H40N4O6S/c1-18(2)19-4-6-21(7-5-19)29-12-10-26(11-13-29)23-9-8-22(36-37(27,33)34)16-20(23)17-30(24(26)31)14-15-35-25(32)28-3/h8-9,16,18-19,21H,4-7,10-15,17H2,1-3H3,(H,28,32)(H2,27,33,34). The summed E-state index contributed by atoms with van der Waals surface area (Å²) in [5.74, 6) is 1.68. The highest BCUT2D eigenvalue weighted by molar-refractivity contribution is 7.84. The molecular formula is C26H40N4O6S. The number of benzene rings is 1. The molecule has 1 saturated carbocycles. The van der Waals surface area contributed by atoms with Crippen molar-refractivity contribution in [2.75, 3.05) is 33.3 Å². The van der Waals surface area contributed by atoms with E-state index in [1.54, 1.807) is 17.0 Å². The number of piperidine rings is 1. The van der Waals surface area contributed by atoms with Gasteiger partial charge >= 0.3 is 16.4 Å². The Hall–Kier alpha value is -2.37. The van der Waals surface area contributed by atoms with Crippen LogP contribution in [0.2, 0.25) is 0 Å². The number of hydrogen-bond donors (Lipinski definition) is 2. The number of nitrogens with one attached hydrogen (secondary N) is 1. The molecule has 11 heteroatoms. The van der Waals surface area contributed by atoms with E-state index in [2.05, 4.69) is 24.1 Å². The number of hydrogen-bond acceptors (Lipinski definition) is 7. The second kappa shape index (κ2) is 11.2. The molecule has 4 rings (SSSR count). The van der Waals surface area contributed by atoms with Gasteiger partial charge in [0.05, 0.1) is 12.0 Å². The Kier molecular flexibility index (Phi) is 8.35. The molecule has 3 aliphatic rings. The summed E-state index contributed by atoms with van der Waals surface area (Å²) in [5.41, 5.74) is 1.05. The van der Waals surface area contributed by atoms with Gasteiger partial charge in [-0.3, -0.25) is 4.79 Å². The van der Waals surface area contributed by atoms with Gasteiger partial charge in [0.25, 0.3) is 0 Å². The lowest BCUT2D eigenvalue weighted by molar-refractivity contribution is -0.142. The fourth-order valence-electron chi connectivity index (χ4n) is 6.44. The zero-order chi connectivity index (χ0) is 26.8. The molecular weight excluding hydrogens is 496 g/mol. The zero-order valence-corrected chi connectivity index (χ0v) is 22.9. The predicted molar refractivity (Wildman–Crippen MR) is 139 cm³/mol. The highest BCUT2D eigenvalue weighted by atomic mass is 32.2. The first kappa shape index (κ1) is 27.7. The van der Waals surface area contributed by atoms with Gasteiger partial charge in [-0.1, -0.05) is 19.9 Å². The molecule has 0 radical (unpaired) electrons. The summed E-state index contributed by atoms with van der Waals surface area (Å²) in [4.78, 5) is 29.7. The Morgan fingerprint density at radius 3 is 2.46 bits per heavy atom. The van der Waals surface area contributed by atoms with Gasteiger partial charge in [-0.2, -0.15) is 13.6 Å². The van der Waals surface area contributed by atoms with E-state index < -0.39 is 21.8 Å². The molecule has 1 saturated heterocycles. The second-order valence-electron chi connectivity index (χ2n) is 10.9. The first-order valence-electron chi connectivity index (χ1n) is 13.3. The molecule has 0 bridgehead atoms. The maximum absolute atomic E-state index is 13.9. The number of fused-ring (bicyclic) bond motifs is 2. The third-order valence-electron chi connectivity index (χ3n) is 8.51. The van der Waals surface area contributed by atoms with Crippen molar-refractivity contribution in [2.24, 2.45) is 17.0 Å². The average molecular weight is 537 g/mol. The Bertz CT molecular complexity index is 1090. The highest BCUT2D eigenvalue weighted by Crippen LogP contribution is 2.45. The van der Waals surface area contributed by atoms with E-state index in [0.717, 1.165) is 36.1 Å². The van der Waals surface area contributed by atoms with Gasteiger partial charge in [0.1, 0.15) is 12.4 Å². The molecule has 1 spiro atoms. The van der Waals surface area contributed by atoms with Crippen molar-refractivity contribution in [3.63, 3.8) is 0 Å². The average Bonchev–Trinajstić information content (AvgIpc) is 2.86. The van der Waals surface area contributed by atoms with Crippen LogP contribution in [0.25, 0.3) is 0 Å². The van der Waals surface area contributed by atoms with Gasteiger partial charge in [-0.25, -0.2) is 4.79 Å². The fraction of sp³-hybridized carbons (Fsp3) is 0.692. The summed E-state index contributed by atoms with van der Waals surface area (Å²) < 4.78 is 33.0. The van der Waals surface area contributed by atoms with E-state index >= 15 is 0 Å². The number of carbonyl (C=O) groups is 2. The minimum atomic E-state index is -4.17. The first-order valence-corrected chi connectivity index (χ1v) is 14.7. The molecule has 2 heterocycles. The molecule has 0 atom stereocenters. The van der Waals surface area contributed by atoms with E-state index in [1.165, 1.54) is 32.7 Å². The van der Waals surface area contributed by atoms with Crippen LogP contribution >= 0.6 is 0 Å². The van der Waals surface area contributed by atoms with Crippen molar-refractivity contribution in [1.29, 1.82) is 0 Å². The van der Waals surface area contributed by atoms with Crippen LogP contribution < -0.4 is 14.6 Å². The van der Waals surface area contributed by atoms with Crippen molar-refractivity contribution in [2.45, 2.75) is 70.4 Å². The summed E-state index contributed by atoms with van der Waals surface area (Å²) in [5, 5.41) is 7.48. The molecule has 2 amide bonds. The van der Waals surface area contributed by atoms with Gasteiger partial charge in [-0.05, 0) is 86.7 Å². The summed E-state index contributed by atoms with van der Waals surface area (Å²) in [6.45, 7) is 6.88. The van der Waals surface area contributed by atoms with Crippen molar-refractivity contribution < 1.29 is 26.9 Å².